The van der Waals surface area contributed by atoms with Crippen molar-refractivity contribution in [3.63, 3.8) is 0 Å². The van der Waals surface area contributed by atoms with E-state index in [1.54, 1.807) is 14.2 Å². The minimum Gasteiger partial charge on any atom is -0.379 e. The number of rotatable bonds is 3. The molecule has 0 radical (unpaired) electrons. The first-order valence-corrected chi connectivity index (χ1v) is 5.30. The number of carbonyl (C=O) groups excluding carboxylic acids is 2. The summed E-state index contributed by atoms with van der Waals surface area (Å²) in [4.78, 5) is 24.4. The number of methoxy groups -OCH3 is 2. The summed E-state index contributed by atoms with van der Waals surface area (Å²) < 4.78 is 10.6. The Morgan fingerprint density at radius 2 is 1.75 bits per heavy atom. The number of carbonyl (C=O) groups is 2. The number of hydrogen-bond acceptors (Lipinski definition) is 4. The van der Waals surface area contributed by atoms with E-state index in [4.69, 9.17) is 9.47 Å². The van der Waals surface area contributed by atoms with Gasteiger partial charge in [0.25, 0.3) is 11.8 Å². The second-order valence-corrected chi connectivity index (χ2v) is 4.00. The molecular formula is C11H15NO4. The molecule has 0 aromatic rings. The quantitative estimate of drug-likeness (QED) is 0.639. The van der Waals surface area contributed by atoms with Gasteiger partial charge in [0.2, 0.25) is 0 Å². The van der Waals surface area contributed by atoms with Crippen LogP contribution in [0.25, 0.3) is 0 Å². The van der Waals surface area contributed by atoms with Gasteiger partial charge in [-0.1, -0.05) is 0 Å². The van der Waals surface area contributed by atoms with Crippen LogP contribution in [0, 0.1) is 0 Å². The zero-order valence-electron chi connectivity index (χ0n) is 9.38. The van der Waals surface area contributed by atoms with Gasteiger partial charge in [-0.15, -0.1) is 0 Å². The van der Waals surface area contributed by atoms with E-state index < -0.39 is 0 Å². The van der Waals surface area contributed by atoms with Crippen LogP contribution in [0.2, 0.25) is 0 Å². The third kappa shape index (κ3) is 1.66. The lowest BCUT2D eigenvalue weighted by molar-refractivity contribution is -0.143. The van der Waals surface area contributed by atoms with Crippen molar-refractivity contribution in [1.29, 1.82) is 0 Å². The van der Waals surface area contributed by atoms with Gasteiger partial charge >= 0.3 is 0 Å². The van der Waals surface area contributed by atoms with Crippen LogP contribution in [0.15, 0.2) is 12.2 Å². The molecule has 0 bridgehead atoms. The second-order valence-electron chi connectivity index (χ2n) is 4.00. The summed E-state index contributed by atoms with van der Waals surface area (Å²) in [7, 11) is 3.19. The molecule has 1 fully saturated rings. The number of amides is 2. The van der Waals surface area contributed by atoms with Crippen LogP contribution in [-0.2, 0) is 19.1 Å². The summed E-state index contributed by atoms with van der Waals surface area (Å²) in [6.45, 7) is 0. The third-order valence-corrected chi connectivity index (χ3v) is 3.24. The molecule has 3 unspecified atom stereocenters. The smallest absolute Gasteiger partial charge is 0.253 e. The first kappa shape index (κ1) is 11.3. The lowest BCUT2D eigenvalue weighted by Crippen LogP contribution is -2.47. The summed E-state index contributed by atoms with van der Waals surface area (Å²) >= 11 is 0. The maximum absolute atomic E-state index is 11.6. The minimum atomic E-state index is -0.256. The van der Waals surface area contributed by atoms with Gasteiger partial charge in [0, 0.05) is 26.4 Å². The highest BCUT2D eigenvalue weighted by atomic mass is 16.5. The zero-order chi connectivity index (χ0) is 11.7. The van der Waals surface area contributed by atoms with E-state index in [0.29, 0.717) is 0 Å². The molecule has 2 aliphatic rings. The molecule has 0 aromatic heterocycles. The molecule has 1 aliphatic heterocycles. The molecule has 5 nitrogen and oxygen atoms in total. The fourth-order valence-electron chi connectivity index (χ4n) is 2.49. The number of ether oxygens (including phenoxy) is 2. The number of nitrogens with zero attached hydrogens (tertiary/aromatic N) is 1. The standard InChI is InChI=1S/C11H15NO4/c1-15-8-4-3-7(11(8)16-2)12-9(13)5-6-10(12)14/h5-8,11H,3-4H2,1-2H3. The highest BCUT2D eigenvalue weighted by Crippen LogP contribution is 2.30. The van der Waals surface area contributed by atoms with Crippen molar-refractivity contribution in [3.05, 3.63) is 12.2 Å². The summed E-state index contributed by atoms with van der Waals surface area (Å²) in [5.41, 5.74) is 0. The molecule has 0 saturated heterocycles. The Balaban J connectivity index is 2.16. The van der Waals surface area contributed by atoms with E-state index in [-0.39, 0.29) is 30.1 Å². The van der Waals surface area contributed by atoms with Crippen LogP contribution in [-0.4, -0.2) is 49.2 Å². The summed E-state index contributed by atoms with van der Waals surface area (Å²) in [5.74, 6) is -0.511. The zero-order valence-corrected chi connectivity index (χ0v) is 9.38. The molecule has 2 amide bonds. The van der Waals surface area contributed by atoms with Crippen LogP contribution in [0.3, 0.4) is 0 Å². The molecule has 88 valence electrons. The van der Waals surface area contributed by atoms with E-state index >= 15 is 0 Å². The highest BCUT2D eigenvalue weighted by Gasteiger charge is 2.44. The molecule has 2 rings (SSSR count). The lowest BCUT2D eigenvalue weighted by Gasteiger charge is -2.28. The first-order chi connectivity index (χ1) is 7.69. The van der Waals surface area contributed by atoms with Crippen LogP contribution in [0.4, 0.5) is 0 Å². The van der Waals surface area contributed by atoms with E-state index in [0.717, 1.165) is 12.8 Å². The summed E-state index contributed by atoms with van der Waals surface area (Å²) in [5, 5.41) is 0. The van der Waals surface area contributed by atoms with Crippen molar-refractivity contribution in [3.8, 4) is 0 Å². The molecule has 0 aromatic carbocycles. The molecule has 0 N–H and O–H groups in total. The van der Waals surface area contributed by atoms with Crippen LogP contribution >= 0.6 is 0 Å². The molecule has 0 spiro atoms. The van der Waals surface area contributed by atoms with Crippen molar-refractivity contribution in [2.45, 2.75) is 31.1 Å². The Labute approximate surface area is 94.0 Å². The van der Waals surface area contributed by atoms with Crippen LogP contribution < -0.4 is 0 Å². The molecule has 1 saturated carbocycles. The topological polar surface area (TPSA) is 55.8 Å². The number of hydrogen-bond donors (Lipinski definition) is 0. The molecular weight excluding hydrogens is 210 g/mol. The van der Waals surface area contributed by atoms with Gasteiger partial charge in [0.1, 0.15) is 6.10 Å². The minimum absolute atomic E-state index is 0.0452. The van der Waals surface area contributed by atoms with Gasteiger partial charge in [0.05, 0.1) is 12.1 Å². The maximum Gasteiger partial charge on any atom is 0.253 e. The Morgan fingerprint density at radius 3 is 2.25 bits per heavy atom. The first-order valence-electron chi connectivity index (χ1n) is 5.30. The largest absolute Gasteiger partial charge is 0.379 e. The van der Waals surface area contributed by atoms with Gasteiger partial charge in [-0.3, -0.25) is 14.5 Å². The summed E-state index contributed by atoms with van der Waals surface area (Å²) in [6.07, 6.45) is 3.87. The van der Waals surface area contributed by atoms with Crippen LogP contribution in [0.1, 0.15) is 12.8 Å². The average molecular weight is 225 g/mol. The van der Waals surface area contributed by atoms with Gasteiger partial charge < -0.3 is 9.47 Å². The predicted octanol–water partition coefficient (Wildman–Crippen LogP) is 0.104. The predicted molar refractivity (Wildman–Crippen MR) is 55.6 cm³/mol. The van der Waals surface area contributed by atoms with E-state index in [1.807, 2.05) is 0 Å². The van der Waals surface area contributed by atoms with Crippen molar-refractivity contribution in [1.82, 2.24) is 4.90 Å². The SMILES string of the molecule is COC1CCC(N2C(=O)C=CC2=O)C1OC. The Kier molecular flexibility index (Phi) is 3.07. The lowest BCUT2D eigenvalue weighted by atomic mass is 10.1. The van der Waals surface area contributed by atoms with Crippen LogP contribution in [0.5, 0.6) is 0 Å². The van der Waals surface area contributed by atoms with E-state index in [2.05, 4.69) is 0 Å². The Bertz CT molecular complexity index is 321. The summed E-state index contributed by atoms with van der Waals surface area (Å²) in [6, 6.07) is -0.204. The van der Waals surface area contributed by atoms with Gasteiger partial charge in [0.15, 0.2) is 0 Å². The maximum atomic E-state index is 11.6. The highest BCUT2D eigenvalue weighted by molar-refractivity contribution is 6.13. The van der Waals surface area contributed by atoms with Crippen molar-refractivity contribution in [2.75, 3.05) is 14.2 Å². The van der Waals surface area contributed by atoms with E-state index in [1.165, 1.54) is 17.1 Å². The molecule has 1 heterocycles. The molecule has 5 heteroatoms. The van der Waals surface area contributed by atoms with Gasteiger partial charge in [-0.2, -0.15) is 0 Å². The number of imide groups is 1. The molecule has 3 atom stereocenters. The molecule has 1 aliphatic carbocycles. The van der Waals surface area contributed by atoms with Crippen molar-refractivity contribution < 1.29 is 19.1 Å². The fraction of sp³-hybridized carbons (Fsp3) is 0.636. The van der Waals surface area contributed by atoms with E-state index in [9.17, 15) is 9.59 Å². The van der Waals surface area contributed by atoms with Crippen molar-refractivity contribution >= 4 is 11.8 Å². The fourth-order valence-corrected chi connectivity index (χ4v) is 2.49. The Hall–Kier alpha value is -1.20. The average Bonchev–Trinajstić information content (AvgIpc) is 2.82. The van der Waals surface area contributed by atoms with Gasteiger partial charge in [-0.05, 0) is 12.8 Å². The Morgan fingerprint density at radius 1 is 1.12 bits per heavy atom. The van der Waals surface area contributed by atoms with Gasteiger partial charge in [-0.25, -0.2) is 0 Å². The monoisotopic (exact) mass is 225 g/mol. The van der Waals surface area contributed by atoms with Crippen molar-refractivity contribution in [2.24, 2.45) is 0 Å². The molecule has 16 heavy (non-hydrogen) atoms. The normalized spacial score (nSPS) is 34.1. The second kappa shape index (κ2) is 4.35. The third-order valence-electron chi connectivity index (χ3n) is 3.24.